The Bertz CT molecular complexity index is 1210. The maximum absolute atomic E-state index is 6.22. The Balaban J connectivity index is 1.95. The van der Waals surface area contributed by atoms with E-state index < -0.39 is 0 Å². The van der Waals surface area contributed by atoms with Gasteiger partial charge in [0.25, 0.3) is 0 Å². The van der Waals surface area contributed by atoms with E-state index in [1.807, 2.05) is 48.7 Å². The summed E-state index contributed by atoms with van der Waals surface area (Å²) in [5.41, 5.74) is 6.78. The zero-order valence-electron chi connectivity index (χ0n) is 18.0. The highest BCUT2D eigenvalue weighted by Crippen LogP contribution is 2.37. The van der Waals surface area contributed by atoms with E-state index in [9.17, 15) is 0 Å². The number of fused-ring (bicyclic) bond motifs is 1. The van der Waals surface area contributed by atoms with Gasteiger partial charge >= 0.3 is 0 Å². The van der Waals surface area contributed by atoms with Gasteiger partial charge in [0, 0.05) is 28.0 Å². The highest BCUT2D eigenvalue weighted by molar-refractivity contribution is 6.30. The van der Waals surface area contributed by atoms with Crippen LogP contribution >= 0.6 is 23.2 Å². The molecule has 0 fully saturated rings. The molecule has 0 aliphatic rings. The molecule has 0 spiro atoms. The molecule has 3 aromatic carbocycles. The minimum atomic E-state index is 0.656. The lowest BCUT2D eigenvalue weighted by molar-refractivity contribution is 0.415. The molecule has 0 N–H and O–H groups in total. The lowest BCUT2D eigenvalue weighted by Crippen LogP contribution is -1.98. The van der Waals surface area contributed by atoms with Crippen LogP contribution in [0.15, 0.2) is 85.1 Å². The van der Waals surface area contributed by atoms with Crippen molar-refractivity contribution in [2.24, 2.45) is 0 Å². The zero-order chi connectivity index (χ0) is 22.3. The number of methoxy groups -OCH3 is 1. The van der Waals surface area contributed by atoms with Gasteiger partial charge in [0.1, 0.15) is 5.75 Å². The average Bonchev–Trinajstić information content (AvgIpc) is 2.84. The Hall–Kier alpha value is -2.81. The van der Waals surface area contributed by atoms with E-state index in [2.05, 4.69) is 36.4 Å². The monoisotopic (exact) mass is 461 g/mol. The van der Waals surface area contributed by atoms with Crippen molar-refractivity contribution in [3.63, 3.8) is 0 Å². The highest BCUT2D eigenvalue weighted by atomic mass is 35.5. The standard InChI is InChI=1S/C28H25Cl2NO/c1-32-25-15-11-20(12-16-25)26(7-4-5-17-29)28(21-9-13-24(30)14-10-21)23-18-22-6-2-3-8-27(22)31-19-23/h2-3,6,8-16,18-19H,4-5,7,17H2,1H3/b28-26-. The molecule has 0 unspecified atom stereocenters. The summed E-state index contributed by atoms with van der Waals surface area (Å²) in [7, 11) is 1.69. The molecule has 0 aliphatic carbocycles. The molecular formula is C28H25Cl2NO. The van der Waals surface area contributed by atoms with Gasteiger partial charge in [-0.25, -0.2) is 0 Å². The first kappa shape index (κ1) is 22.4. The van der Waals surface area contributed by atoms with E-state index in [4.69, 9.17) is 32.9 Å². The summed E-state index contributed by atoms with van der Waals surface area (Å²) in [6.45, 7) is 0. The molecule has 0 aliphatic heterocycles. The van der Waals surface area contributed by atoms with Crippen LogP contribution in [-0.4, -0.2) is 18.0 Å². The molecule has 4 aromatic rings. The third-order valence-electron chi connectivity index (χ3n) is 5.56. The van der Waals surface area contributed by atoms with Gasteiger partial charge in [0.2, 0.25) is 0 Å². The summed E-state index contributed by atoms with van der Waals surface area (Å²) in [5.74, 6) is 1.50. The van der Waals surface area contributed by atoms with Gasteiger partial charge in [0.15, 0.2) is 0 Å². The van der Waals surface area contributed by atoms with Gasteiger partial charge in [-0.2, -0.15) is 0 Å². The van der Waals surface area contributed by atoms with Crippen molar-refractivity contribution in [1.82, 2.24) is 4.98 Å². The number of hydrogen-bond acceptors (Lipinski definition) is 2. The number of rotatable bonds is 8. The molecule has 0 saturated carbocycles. The summed E-state index contributed by atoms with van der Waals surface area (Å²) < 4.78 is 5.38. The summed E-state index contributed by atoms with van der Waals surface area (Å²) in [4.78, 5) is 4.74. The summed E-state index contributed by atoms with van der Waals surface area (Å²) in [5, 5.41) is 1.84. The molecule has 0 bridgehead atoms. The molecule has 0 saturated heterocycles. The van der Waals surface area contributed by atoms with Crippen molar-refractivity contribution in [3.05, 3.63) is 107 Å². The normalized spacial score (nSPS) is 12.0. The Morgan fingerprint density at radius 3 is 2.28 bits per heavy atom. The SMILES string of the molecule is COc1ccc(/C(CCCCCl)=C(/c2ccc(Cl)cc2)c2cnc3ccccc3c2)cc1. The molecule has 0 amide bonds. The summed E-state index contributed by atoms with van der Waals surface area (Å²) >= 11 is 12.2. The zero-order valence-corrected chi connectivity index (χ0v) is 19.5. The summed E-state index contributed by atoms with van der Waals surface area (Å²) in [6, 6.07) is 26.7. The van der Waals surface area contributed by atoms with Crippen molar-refractivity contribution in [2.75, 3.05) is 13.0 Å². The number of pyridine rings is 1. The van der Waals surface area contributed by atoms with Crippen molar-refractivity contribution >= 4 is 45.3 Å². The third-order valence-corrected chi connectivity index (χ3v) is 6.08. The van der Waals surface area contributed by atoms with Crippen LogP contribution in [0.1, 0.15) is 36.0 Å². The van der Waals surface area contributed by atoms with E-state index in [0.29, 0.717) is 5.88 Å². The van der Waals surface area contributed by atoms with Crippen molar-refractivity contribution in [2.45, 2.75) is 19.3 Å². The van der Waals surface area contributed by atoms with Crippen LogP contribution < -0.4 is 4.74 Å². The minimum absolute atomic E-state index is 0.656. The first-order valence-corrected chi connectivity index (χ1v) is 11.7. The molecule has 2 nitrogen and oxygen atoms in total. The van der Waals surface area contributed by atoms with Crippen LogP contribution in [0.25, 0.3) is 22.0 Å². The fourth-order valence-electron chi connectivity index (χ4n) is 3.94. The second kappa shape index (κ2) is 10.7. The van der Waals surface area contributed by atoms with Crippen LogP contribution in [-0.2, 0) is 0 Å². The van der Waals surface area contributed by atoms with Crippen LogP contribution in [0.5, 0.6) is 5.75 Å². The van der Waals surface area contributed by atoms with Crippen LogP contribution in [0.3, 0.4) is 0 Å². The van der Waals surface area contributed by atoms with Crippen LogP contribution in [0.4, 0.5) is 0 Å². The predicted molar refractivity (Wildman–Crippen MR) is 137 cm³/mol. The van der Waals surface area contributed by atoms with Crippen molar-refractivity contribution in [3.8, 4) is 5.75 Å². The molecule has 1 heterocycles. The van der Waals surface area contributed by atoms with E-state index in [1.165, 1.54) is 16.7 Å². The number of benzene rings is 3. The fraction of sp³-hybridized carbons (Fsp3) is 0.179. The molecular weight excluding hydrogens is 437 g/mol. The van der Waals surface area contributed by atoms with Gasteiger partial charge in [0.05, 0.1) is 12.6 Å². The Labute approximate surface area is 199 Å². The molecule has 0 radical (unpaired) electrons. The number of para-hydroxylation sites is 1. The molecule has 32 heavy (non-hydrogen) atoms. The van der Waals surface area contributed by atoms with E-state index in [-0.39, 0.29) is 0 Å². The first-order valence-electron chi connectivity index (χ1n) is 10.7. The van der Waals surface area contributed by atoms with E-state index in [1.54, 1.807) is 7.11 Å². The van der Waals surface area contributed by atoms with E-state index >= 15 is 0 Å². The number of aromatic nitrogens is 1. The number of unbranched alkanes of at least 4 members (excludes halogenated alkanes) is 1. The second-order valence-corrected chi connectivity index (χ2v) is 8.47. The largest absolute Gasteiger partial charge is 0.497 e. The second-order valence-electron chi connectivity index (χ2n) is 7.65. The van der Waals surface area contributed by atoms with Gasteiger partial charge < -0.3 is 4.74 Å². The van der Waals surface area contributed by atoms with E-state index in [0.717, 1.165) is 52.1 Å². The summed E-state index contributed by atoms with van der Waals surface area (Å²) in [6.07, 6.45) is 4.84. The molecule has 0 atom stereocenters. The lowest BCUT2D eigenvalue weighted by Gasteiger charge is -2.18. The average molecular weight is 462 g/mol. The molecule has 4 heteroatoms. The topological polar surface area (TPSA) is 22.1 Å². The third kappa shape index (κ3) is 5.15. The van der Waals surface area contributed by atoms with Crippen LogP contribution in [0, 0.1) is 0 Å². The number of halogens is 2. The number of alkyl halides is 1. The van der Waals surface area contributed by atoms with Gasteiger partial charge in [-0.15, -0.1) is 11.6 Å². The first-order chi connectivity index (χ1) is 15.7. The van der Waals surface area contributed by atoms with Gasteiger partial charge in [-0.05, 0) is 77.9 Å². The fourth-order valence-corrected chi connectivity index (χ4v) is 4.26. The minimum Gasteiger partial charge on any atom is -0.497 e. The Morgan fingerprint density at radius 2 is 1.56 bits per heavy atom. The van der Waals surface area contributed by atoms with Crippen molar-refractivity contribution < 1.29 is 4.74 Å². The lowest BCUT2D eigenvalue weighted by atomic mass is 9.87. The highest BCUT2D eigenvalue weighted by Gasteiger charge is 2.15. The molecule has 4 rings (SSSR count). The van der Waals surface area contributed by atoms with Gasteiger partial charge in [-0.3, -0.25) is 4.98 Å². The quantitative estimate of drug-likeness (QED) is 0.149. The molecule has 162 valence electrons. The Kier molecular flexibility index (Phi) is 7.47. The predicted octanol–water partition coefficient (Wildman–Crippen LogP) is 8.27. The maximum Gasteiger partial charge on any atom is 0.118 e. The maximum atomic E-state index is 6.22. The smallest absolute Gasteiger partial charge is 0.118 e. The number of ether oxygens (including phenoxy) is 1. The molecule has 1 aromatic heterocycles. The van der Waals surface area contributed by atoms with Crippen LogP contribution in [0.2, 0.25) is 5.02 Å². The number of nitrogens with zero attached hydrogens (tertiary/aromatic N) is 1. The number of hydrogen-bond donors (Lipinski definition) is 0. The van der Waals surface area contributed by atoms with Gasteiger partial charge in [-0.1, -0.05) is 54.1 Å². The number of allylic oxidation sites excluding steroid dienone is 1. The Morgan fingerprint density at radius 1 is 0.844 bits per heavy atom. The van der Waals surface area contributed by atoms with Crippen molar-refractivity contribution in [1.29, 1.82) is 0 Å².